The highest BCUT2D eigenvalue weighted by atomic mass is 16.2. The van der Waals surface area contributed by atoms with Gasteiger partial charge in [-0.25, -0.2) is 4.79 Å². The van der Waals surface area contributed by atoms with E-state index in [1.54, 1.807) is 9.58 Å². The maximum absolute atomic E-state index is 12.9. The monoisotopic (exact) mass is 347 g/mol. The number of nitrogens with one attached hydrogen (secondary N) is 1. The fourth-order valence-electron chi connectivity index (χ4n) is 3.87. The van der Waals surface area contributed by atoms with Crippen molar-refractivity contribution in [1.82, 2.24) is 20.0 Å². The summed E-state index contributed by atoms with van der Waals surface area (Å²) < 4.78 is 1.73. The number of aromatic nitrogens is 2. The molecule has 1 aromatic heterocycles. The van der Waals surface area contributed by atoms with Crippen LogP contribution in [-0.2, 0) is 11.8 Å². The zero-order chi connectivity index (χ0) is 18.0. The van der Waals surface area contributed by atoms with Crippen LogP contribution in [0.25, 0.3) is 0 Å². The summed E-state index contributed by atoms with van der Waals surface area (Å²) in [6.45, 7) is 6.32. The molecular formula is C18H29N5O2. The number of rotatable bonds is 2. The maximum Gasteiger partial charge on any atom is 0.318 e. The molecule has 138 valence electrons. The van der Waals surface area contributed by atoms with Crippen LogP contribution in [0, 0.1) is 12.8 Å². The first-order valence-electron chi connectivity index (χ1n) is 9.33. The van der Waals surface area contributed by atoms with E-state index < -0.39 is 6.04 Å². The Kier molecular flexibility index (Phi) is 5.30. The van der Waals surface area contributed by atoms with Crippen LogP contribution in [0.1, 0.15) is 44.7 Å². The molecule has 0 aromatic carbocycles. The molecule has 3 amide bonds. The number of urea groups is 1. The van der Waals surface area contributed by atoms with Crippen molar-refractivity contribution < 1.29 is 9.59 Å². The van der Waals surface area contributed by atoms with E-state index in [9.17, 15) is 9.59 Å². The summed E-state index contributed by atoms with van der Waals surface area (Å²) in [6, 6.07) is 1.36. The molecule has 2 saturated heterocycles. The maximum atomic E-state index is 12.9. The molecule has 2 unspecified atom stereocenters. The smallest absolute Gasteiger partial charge is 0.318 e. The molecule has 0 radical (unpaired) electrons. The van der Waals surface area contributed by atoms with Gasteiger partial charge in [0.05, 0.1) is 5.69 Å². The summed E-state index contributed by atoms with van der Waals surface area (Å²) in [7, 11) is 1.84. The van der Waals surface area contributed by atoms with Gasteiger partial charge in [0.15, 0.2) is 0 Å². The second-order valence-electron chi connectivity index (χ2n) is 7.45. The van der Waals surface area contributed by atoms with E-state index in [0.29, 0.717) is 18.9 Å². The number of carbonyl (C=O) groups excluding carboxylic acids is 2. The molecule has 2 fully saturated rings. The summed E-state index contributed by atoms with van der Waals surface area (Å²) in [5.41, 5.74) is 0.884. The largest absolute Gasteiger partial charge is 0.326 e. The summed E-state index contributed by atoms with van der Waals surface area (Å²) in [5, 5.41) is 7.30. The summed E-state index contributed by atoms with van der Waals surface area (Å²) in [6.07, 6.45) is 4.94. The van der Waals surface area contributed by atoms with Gasteiger partial charge in [0.2, 0.25) is 0 Å². The molecule has 3 heterocycles. The summed E-state index contributed by atoms with van der Waals surface area (Å²) >= 11 is 0. The number of hydrogen-bond donors (Lipinski definition) is 1. The third-order valence-corrected chi connectivity index (χ3v) is 5.18. The fraction of sp³-hybridized carbons (Fsp3) is 0.722. The van der Waals surface area contributed by atoms with Gasteiger partial charge in [-0.05, 0) is 38.5 Å². The molecule has 7 heteroatoms. The van der Waals surface area contributed by atoms with Crippen molar-refractivity contribution in [1.29, 1.82) is 0 Å². The molecule has 7 nitrogen and oxygen atoms in total. The number of carbonyl (C=O) groups is 2. The number of hydrogen-bond acceptors (Lipinski definition) is 3. The van der Waals surface area contributed by atoms with Crippen LogP contribution < -0.4 is 10.2 Å². The predicted octanol–water partition coefficient (Wildman–Crippen LogP) is 2.06. The normalized spacial score (nSPS) is 25.0. The molecular weight excluding hydrogens is 318 g/mol. The molecule has 2 atom stereocenters. The van der Waals surface area contributed by atoms with Crippen molar-refractivity contribution in [3.63, 3.8) is 0 Å². The minimum Gasteiger partial charge on any atom is -0.326 e. The van der Waals surface area contributed by atoms with E-state index >= 15 is 0 Å². The van der Waals surface area contributed by atoms with Crippen molar-refractivity contribution in [2.45, 2.75) is 52.0 Å². The fourth-order valence-corrected chi connectivity index (χ4v) is 3.87. The van der Waals surface area contributed by atoms with Gasteiger partial charge >= 0.3 is 6.03 Å². The Morgan fingerprint density at radius 2 is 2.04 bits per heavy atom. The van der Waals surface area contributed by atoms with Crippen LogP contribution >= 0.6 is 0 Å². The van der Waals surface area contributed by atoms with Crippen molar-refractivity contribution in [3.8, 4) is 0 Å². The minimum atomic E-state index is -0.449. The van der Waals surface area contributed by atoms with E-state index in [4.69, 9.17) is 0 Å². The molecule has 1 aromatic rings. The molecule has 0 bridgehead atoms. The molecule has 2 aliphatic heterocycles. The summed E-state index contributed by atoms with van der Waals surface area (Å²) in [5.74, 6) is 1.28. The first kappa shape index (κ1) is 17.8. The van der Waals surface area contributed by atoms with Gasteiger partial charge in [0, 0.05) is 32.7 Å². The Labute approximate surface area is 149 Å². The highest BCUT2D eigenvalue weighted by Gasteiger charge is 2.33. The first-order chi connectivity index (χ1) is 12.0. The van der Waals surface area contributed by atoms with Gasteiger partial charge in [-0.3, -0.25) is 14.4 Å². The third kappa shape index (κ3) is 3.96. The average molecular weight is 347 g/mol. The predicted molar refractivity (Wildman–Crippen MR) is 96.4 cm³/mol. The number of piperidine rings is 1. The molecule has 1 N–H and O–H groups in total. The van der Waals surface area contributed by atoms with Crippen LogP contribution in [0.3, 0.4) is 0 Å². The lowest BCUT2D eigenvalue weighted by Crippen LogP contribution is -2.55. The van der Waals surface area contributed by atoms with E-state index in [0.717, 1.165) is 37.4 Å². The van der Waals surface area contributed by atoms with Crippen LogP contribution in [0.15, 0.2) is 6.07 Å². The van der Waals surface area contributed by atoms with Gasteiger partial charge in [-0.15, -0.1) is 0 Å². The zero-order valence-electron chi connectivity index (χ0n) is 15.5. The highest BCUT2D eigenvalue weighted by molar-refractivity contribution is 5.99. The second kappa shape index (κ2) is 7.45. The number of anilines is 1. The van der Waals surface area contributed by atoms with Crippen LogP contribution in [0.2, 0.25) is 0 Å². The highest BCUT2D eigenvalue weighted by Crippen LogP contribution is 2.22. The lowest BCUT2D eigenvalue weighted by atomic mass is 10.0. The van der Waals surface area contributed by atoms with Crippen molar-refractivity contribution in [3.05, 3.63) is 11.8 Å². The Morgan fingerprint density at radius 3 is 2.76 bits per heavy atom. The van der Waals surface area contributed by atoms with Gasteiger partial charge < -0.3 is 10.2 Å². The number of nitrogens with zero attached hydrogens (tertiary/aromatic N) is 4. The SMILES string of the molecule is Cc1cc(N2CCCC(NC(=O)N3CCCCC(C)C3)C2=O)n(C)n1. The lowest BCUT2D eigenvalue weighted by Gasteiger charge is -2.33. The molecule has 0 saturated carbocycles. The number of amides is 3. The van der Waals surface area contributed by atoms with Crippen LogP contribution in [-0.4, -0.2) is 52.3 Å². The molecule has 3 rings (SSSR count). The van der Waals surface area contributed by atoms with Crippen molar-refractivity contribution in [2.24, 2.45) is 13.0 Å². The quantitative estimate of drug-likeness (QED) is 0.890. The second-order valence-corrected chi connectivity index (χ2v) is 7.45. The lowest BCUT2D eigenvalue weighted by molar-refractivity contribution is -0.121. The average Bonchev–Trinajstić information content (AvgIpc) is 2.77. The van der Waals surface area contributed by atoms with Gasteiger partial charge in [0.25, 0.3) is 5.91 Å². The van der Waals surface area contributed by atoms with Gasteiger partial charge in [-0.1, -0.05) is 13.3 Å². The Morgan fingerprint density at radius 1 is 1.24 bits per heavy atom. The van der Waals surface area contributed by atoms with Crippen LogP contribution in [0.4, 0.5) is 10.6 Å². The van der Waals surface area contributed by atoms with E-state index in [1.807, 2.05) is 24.9 Å². The van der Waals surface area contributed by atoms with E-state index in [2.05, 4.69) is 17.3 Å². The molecule has 0 spiro atoms. The Hall–Kier alpha value is -2.05. The standard InChI is InChI=1S/C18H29N5O2/c1-13-7-4-5-9-22(12-13)18(25)19-15-8-6-10-23(17(15)24)16-11-14(2)20-21(16)3/h11,13,15H,4-10,12H2,1-3H3,(H,19,25). The summed E-state index contributed by atoms with van der Waals surface area (Å²) in [4.78, 5) is 29.2. The van der Waals surface area contributed by atoms with Crippen molar-refractivity contribution >= 4 is 17.8 Å². The van der Waals surface area contributed by atoms with Crippen molar-refractivity contribution in [2.75, 3.05) is 24.5 Å². The van der Waals surface area contributed by atoms with Gasteiger partial charge in [-0.2, -0.15) is 5.10 Å². The molecule has 25 heavy (non-hydrogen) atoms. The minimum absolute atomic E-state index is 0.0366. The Balaban J connectivity index is 1.66. The Bertz CT molecular complexity index is 641. The third-order valence-electron chi connectivity index (χ3n) is 5.18. The number of aryl methyl sites for hydroxylation is 2. The number of likely N-dealkylation sites (tertiary alicyclic amines) is 1. The molecule has 2 aliphatic rings. The topological polar surface area (TPSA) is 70.5 Å². The van der Waals surface area contributed by atoms with E-state index in [1.165, 1.54) is 12.8 Å². The van der Waals surface area contributed by atoms with Gasteiger partial charge in [0.1, 0.15) is 11.9 Å². The first-order valence-corrected chi connectivity index (χ1v) is 9.33. The van der Waals surface area contributed by atoms with Crippen LogP contribution in [0.5, 0.6) is 0 Å². The van der Waals surface area contributed by atoms with E-state index in [-0.39, 0.29) is 11.9 Å². The zero-order valence-corrected chi connectivity index (χ0v) is 15.5. The molecule has 0 aliphatic carbocycles.